The van der Waals surface area contributed by atoms with E-state index in [2.05, 4.69) is 40.3 Å². The van der Waals surface area contributed by atoms with Crippen molar-refractivity contribution in [3.05, 3.63) is 60.3 Å². The number of fused-ring (bicyclic) bond motifs is 1. The molecule has 0 spiro atoms. The zero-order valence-electron chi connectivity index (χ0n) is 17.2. The summed E-state index contributed by atoms with van der Waals surface area (Å²) < 4.78 is 5.69. The van der Waals surface area contributed by atoms with Gasteiger partial charge < -0.3 is 4.74 Å². The van der Waals surface area contributed by atoms with Crippen LogP contribution in [0, 0.1) is 23.2 Å². The summed E-state index contributed by atoms with van der Waals surface area (Å²) in [5.74, 6) is 0.196. The third-order valence-corrected chi connectivity index (χ3v) is 6.17. The van der Waals surface area contributed by atoms with Gasteiger partial charge in [0.05, 0.1) is 0 Å². The molecule has 0 aliphatic heterocycles. The molecule has 0 aromatic heterocycles. The molecule has 3 nitrogen and oxygen atoms in total. The Morgan fingerprint density at radius 2 is 2.15 bits per heavy atom. The Hall–Kier alpha value is -2.16. The number of hydrogen-bond acceptors (Lipinski definition) is 3. The Labute approximate surface area is 163 Å². The van der Waals surface area contributed by atoms with Gasteiger partial charge in [-0.15, -0.1) is 0 Å². The molecule has 2 aliphatic carbocycles. The van der Waals surface area contributed by atoms with E-state index < -0.39 is 0 Å². The molecule has 5 atom stereocenters. The highest BCUT2D eigenvalue weighted by atomic mass is 16.5. The molecular weight excluding hydrogens is 336 g/mol. The Morgan fingerprint density at radius 1 is 1.44 bits per heavy atom. The highest BCUT2D eigenvalue weighted by Crippen LogP contribution is 2.50. The van der Waals surface area contributed by atoms with Crippen LogP contribution in [0.15, 0.2) is 60.3 Å². The van der Waals surface area contributed by atoms with Crippen molar-refractivity contribution in [3.8, 4) is 0 Å². The average molecular weight is 369 g/mol. The van der Waals surface area contributed by atoms with E-state index in [1.807, 2.05) is 25.2 Å². The van der Waals surface area contributed by atoms with E-state index in [0.29, 0.717) is 12.3 Å². The minimum absolute atomic E-state index is 0.0803. The van der Waals surface area contributed by atoms with Gasteiger partial charge in [-0.1, -0.05) is 70.6 Å². The van der Waals surface area contributed by atoms with E-state index in [1.165, 1.54) is 6.08 Å². The first kappa shape index (κ1) is 21.1. The molecule has 0 saturated heterocycles. The van der Waals surface area contributed by atoms with Crippen LogP contribution < -0.4 is 0 Å². The zero-order chi connectivity index (χ0) is 20.2. The molecule has 27 heavy (non-hydrogen) atoms. The zero-order valence-corrected chi connectivity index (χ0v) is 17.2. The Bertz CT molecular complexity index is 722. The topological polar surface area (TPSA) is 43.4 Å². The molecule has 146 valence electrons. The Morgan fingerprint density at radius 3 is 2.78 bits per heavy atom. The van der Waals surface area contributed by atoms with Crippen LogP contribution in [0.25, 0.3) is 0 Å². The maximum atomic E-state index is 12.3. The normalized spacial score (nSPS) is 31.7. The number of carbonyl (C=O) groups is 2. The van der Waals surface area contributed by atoms with Crippen LogP contribution >= 0.6 is 0 Å². The monoisotopic (exact) mass is 368 g/mol. The fraction of sp³-hybridized carbons (Fsp3) is 0.500. The van der Waals surface area contributed by atoms with Gasteiger partial charge in [-0.25, -0.2) is 4.79 Å². The summed E-state index contributed by atoms with van der Waals surface area (Å²) in [5.41, 5.74) is 1.71. The predicted molar refractivity (Wildman–Crippen MR) is 110 cm³/mol. The number of rotatable bonds is 6. The molecule has 0 fully saturated rings. The SMILES string of the molecule is C=C(C)C1CC2(C)C(=CC1=O)C=CC(OC(=O)C=CC=CC(C)CC)C2C. The van der Waals surface area contributed by atoms with Gasteiger partial charge in [0, 0.05) is 23.3 Å². The van der Waals surface area contributed by atoms with E-state index >= 15 is 0 Å². The quantitative estimate of drug-likeness (QED) is 0.274. The van der Waals surface area contributed by atoms with E-state index in [4.69, 9.17) is 4.74 Å². The van der Waals surface area contributed by atoms with Crippen LogP contribution in [0.5, 0.6) is 0 Å². The van der Waals surface area contributed by atoms with E-state index in [9.17, 15) is 9.59 Å². The van der Waals surface area contributed by atoms with Crippen LogP contribution in [0.2, 0.25) is 0 Å². The van der Waals surface area contributed by atoms with Crippen LogP contribution in [0.1, 0.15) is 47.5 Å². The summed E-state index contributed by atoms with van der Waals surface area (Å²) in [5, 5.41) is 0. The Kier molecular flexibility index (Phi) is 6.80. The van der Waals surface area contributed by atoms with Gasteiger partial charge in [-0.2, -0.15) is 0 Å². The standard InChI is InChI=1S/C24H32O3/c1-7-17(4)10-8-9-11-23(26)27-22-13-12-19-14-21(25)20(16(2)3)15-24(19,6)18(22)5/h8-14,17-18,20,22H,2,7,15H2,1,3-6H3. The molecule has 3 heteroatoms. The van der Waals surface area contributed by atoms with Crippen molar-refractivity contribution in [2.75, 3.05) is 0 Å². The van der Waals surface area contributed by atoms with Gasteiger partial charge in [0.1, 0.15) is 6.10 Å². The number of ether oxygens (including phenoxy) is 1. The summed E-state index contributed by atoms with van der Waals surface area (Å²) in [6.07, 6.45) is 14.2. The van der Waals surface area contributed by atoms with Crippen LogP contribution in [0.4, 0.5) is 0 Å². The predicted octanol–water partition coefficient (Wildman–Crippen LogP) is 5.36. The van der Waals surface area contributed by atoms with Gasteiger partial charge in [0.15, 0.2) is 5.78 Å². The molecule has 0 aromatic rings. The molecule has 0 radical (unpaired) electrons. The molecule has 0 amide bonds. The third-order valence-electron chi connectivity index (χ3n) is 6.17. The molecule has 2 rings (SSSR count). The number of esters is 1. The number of allylic oxidation sites excluding steroid dienone is 7. The summed E-state index contributed by atoms with van der Waals surface area (Å²) in [6, 6.07) is 0. The van der Waals surface area contributed by atoms with Crippen LogP contribution in [0.3, 0.4) is 0 Å². The fourth-order valence-electron chi connectivity index (χ4n) is 3.73. The first-order valence-electron chi connectivity index (χ1n) is 9.84. The fourth-order valence-corrected chi connectivity index (χ4v) is 3.73. The average Bonchev–Trinajstić information content (AvgIpc) is 2.62. The summed E-state index contributed by atoms with van der Waals surface area (Å²) in [6.45, 7) is 14.4. The van der Waals surface area contributed by atoms with Gasteiger partial charge >= 0.3 is 5.97 Å². The van der Waals surface area contributed by atoms with Crippen molar-refractivity contribution in [1.29, 1.82) is 0 Å². The Balaban J connectivity index is 2.10. The van der Waals surface area contributed by atoms with Crippen molar-refractivity contribution in [2.45, 2.75) is 53.6 Å². The first-order valence-corrected chi connectivity index (χ1v) is 9.84. The molecular formula is C24H32O3. The van der Waals surface area contributed by atoms with Crippen molar-refractivity contribution in [2.24, 2.45) is 23.2 Å². The van der Waals surface area contributed by atoms with E-state index in [0.717, 1.165) is 17.6 Å². The summed E-state index contributed by atoms with van der Waals surface area (Å²) in [4.78, 5) is 24.5. The summed E-state index contributed by atoms with van der Waals surface area (Å²) in [7, 11) is 0. The second-order valence-corrected chi connectivity index (χ2v) is 8.20. The lowest BCUT2D eigenvalue weighted by molar-refractivity contribution is -0.145. The highest BCUT2D eigenvalue weighted by Gasteiger charge is 2.46. The smallest absolute Gasteiger partial charge is 0.331 e. The second-order valence-electron chi connectivity index (χ2n) is 8.20. The van der Waals surface area contributed by atoms with Crippen molar-refractivity contribution < 1.29 is 14.3 Å². The minimum Gasteiger partial charge on any atom is -0.455 e. The molecule has 5 unspecified atom stereocenters. The highest BCUT2D eigenvalue weighted by molar-refractivity contribution is 5.96. The van der Waals surface area contributed by atoms with Crippen molar-refractivity contribution >= 4 is 11.8 Å². The molecule has 0 heterocycles. The summed E-state index contributed by atoms with van der Waals surface area (Å²) >= 11 is 0. The van der Waals surface area contributed by atoms with Crippen LogP contribution in [-0.2, 0) is 14.3 Å². The van der Waals surface area contributed by atoms with Gasteiger partial charge in [0.2, 0.25) is 0 Å². The van der Waals surface area contributed by atoms with Gasteiger partial charge in [-0.05, 0) is 37.0 Å². The molecule has 0 aromatic carbocycles. The molecule has 2 aliphatic rings. The lowest BCUT2D eigenvalue weighted by atomic mass is 9.59. The van der Waals surface area contributed by atoms with Gasteiger partial charge in [-0.3, -0.25) is 4.79 Å². The first-order chi connectivity index (χ1) is 12.7. The number of ketones is 1. The maximum Gasteiger partial charge on any atom is 0.331 e. The number of hydrogen-bond donors (Lipinski definition) is 0. The third kappa shape index (κ3) is 4.77. The molecule has 0 saturated carbocycles. The van der Waals surface area contributed by atoms with E-state index in [1.54, 1.807) is 12.2 Å². The lowest BCUT2D eigenvalue weighted by Crippen LogP contribution is -2.44. The molecule has 0 bridgehead atoms. The van der Waals surface area contributed by atoms with Crippen molar-refractivity contribution in [3.63, 3.8) is 0 Å². The molecule has 0 N–H and O–H groups in total. The number of carbonyl (C=O) groups excluding carboxylic acids is 2. The minimum atomic E-state index is -0.343. The van der Waals surface area contributed by atoms with E-state index in [-0.39, 0.29) is 35.1 Å². The maximum absolute atomic E-state index is 12.3. The second kappa shape index (κ2) is 8.69. The lowest BCUT2D eigenvalue weighted by Gasteiger charge is -2.46. The largest absolute Gasteiger partial charge is 0.455 e. The van der Waals surface area contributed by atoms with Crippen molar-refractivity contribution in [1.82, 2.24) is 0 Å². The van der Waals surface area contributed by atoms with Crippen LogP contribution in [-0.4, -0.2) is 17.9 Å². The van der Waals surface area contributed by atoms with Gasteiger partial charge in [0.25, 0.3) is 0 Å².